The molecule has 2 aromatic carbocycles. The number of benzene rings is 2. The maximum Gasteiger partial charge on any atom is 0.339 e. The van der Waals surface area contributed by atoms with Gasteiger partial charge in [-0.05, 0) is 31.7 Å². The summed E-state index contributed by atoms with van der Waals surface area (Å²) in [7, 11) is 0. The molecule has 0 bridgehead atoms. The molecule has 0 amide bonds. The SMILES string of the molecule is O=C1O[C@]2(CC[C@@H](c3nc4nc(-c5ccccc5)ncc4[nH]3)CC2)c2ccccc21. The van der Waals surface area contributed by atoms with Crippen molar-refractivity contribution in [3.63, 3.8) is 0 Å². The number of carbonyl (C=O) groups excluding carboxylic acids is 1. The summed E-state index contributed by atoms with van der Waals surface area (Å²) in [6.45, 7) is 0. The highest BCUT2D eigenvalue weighted by Crippen LogP contribution is 2.49. The van der Waals surface area contributed by atoms with Crippen molar-refractivity contribution in [1.29, 1.82) is 0 Å². The molecule has 0 atom stereocenters. The van der Waals surface area contributed by atoms with Crippen molar-refractivity contribution in [1.82, 2.24) is 19.9 Å². The van der Waals surface area contributed by atoms with Gasteiger partial charge in [0.1, 0.15) is 16.9 Å². The predicted octanol–water partition coefficient (Wildman–Crippen LogP) is 4.74. The zero-order valence-corrected chi connectivity index (χ0v) is 16.3. The van der Waals surface area contributed by atoms with Crippen LogP contribution in [0.25, 0.3) is 22.6 Å². The summed E-state index contributed by atoms with van der Waals surface area (Å²) in [4.78, 5) is 29.6. The molecular weight excluding hydrogens is 376 g/mol. The molecule has 4 aromatic rings. The first-order valence-corrected chi connectivity index (χ1v) is 10.3. The van der Waals surface area contributed by atoms with E-state index in [9.17, 15) is 4.79 Å². The molecule has 6 rings (SSSR count). The van der Waals surface area contributed by atoms with Crippen LogP contribution < -0.4 is 0 Å². The number of nitrogens with zero attached hydrogens (tertiary/aromatic N) is 3. The first-order valence-electron chi connectivity index (χ1n) is 10.3. The van der Waals surface area contributed by atoms with Gasteiger partial charge in [0.05, 0.1) is 11.8 Å². The van der Waals surface area contributed by atoms with Gasteiger partial charge in [-0.15, -0.1) is 0 Å². The van der Waals surface area contributed by atoms with Crippen LogP contribution >= 0.6 is 0 Å². The van der Waals surface area contributed by atoms with Crippen LogP contribution in [0.15, 0.2) is 60.8 Å². The van der Waals surface area contributed by atoms with Crippen LogP contribution in [0.4, 0.5) is 0 Å². The average molecular weight is 396 g/mol. The standard InChI is InChI=1S/C24H20N4O2/c29-23-17-8-4-5-9-18(17)24(30-23)12-10-16(11-13-24)21-26-19-14-25-20(27-22(19)28-21)15-6-2-1-3-7-15/h1-9,14,16H,10-13H2,(H,25,26,27,28)/t16-,24+. The van der Waals surface area contributed by atoms with Gasteiger partial charge in [-0.1, -0.05) is 48.5 Å². The van der Waals surface area contributed by atoms with Gasteiger partial charge in [0.15, 0.2) is 11.5 Å². The second kappa shape index (κ2) is 6.49. The number of carbonyl (C=O) groups is 1. The summed E-state index contributed by atoms with van der Waals surface area (Å²) in [5, 5.41) is 0. The minimum Gasteiger partial charge on any atom is -0.451 e. The molecule has 2 aromatic heterocycles. The van der Waals surface area contributed by atoms with Gasteiger partial charge in [0.2, 0.25) is 0 Å². The third-order valence-corrected chi connectivity index (χ3v) is 6.40. The molecular formula is C24H20N4O2. The quantitative estimate of drug-likeness (QED) is 0.495. The van der Waals surface area contributed by atoms with Gasteiger partial charge in [0, 0.05) is 17.0 Å². The maximum atomic E-state index is 12.3. The van der Waals surface area contributed by atoms with Crippen molar-refractivity contribution in [2.45, 2.75) is 37.2 Å². The highest BCUT2D eigenvalue weighted by molar-refractivity contribution is 5.94. The lowest BCUT2D eigenvalue weighted by Crippen LogP contribution is -2.31. The fourth-order valence-electron chi connectivity index (χ4n) is 4.82. The average Bonchev–Trinajstić information content (AvgIpc) is 3.34. The Balaban J connectivity index is 1.26. The number of ether oxygens (including phenoxy) is 1. The van der Waals surface area contributed by atoms with Crippen molar-refractivity contribution in [3.8, 4) is 11.4 Å². The van der Waals surface area contributed by atoms with E-state index in [0.717, 1.165) is 48.2 Å². The Morgan fingerprint density at radius 2 is 1.73 bits per heavy atom. The molecule has 30 heavy (non-hydrogen) atoms. The molecule has 0 unspecified atom stereocenters. The molecule has 1 N–H and O–H groups in total. The number of fused-ring (bicyclic) bond motifs is 3. The Morgan fingerprint density at radius 3 is 2.57 bits per heavy atom. The Kier molecular flexibility index (Phi) is 3.75. The number of rotatable bonds is 2. The normalized spacial score (nSPS) is 22.9. The van der Waals surface area contributed by atoms with Crippen LogP contribution in [0.5, 0.6) is 0 Å². The smallest absolute Gasteiger partial charge is 0.339 e. The number of esters is 1. The van der Waals surface area contributed by atoms with Crippen LogP contribution in [-0.4, -0.2) is 25.9 Å². The van der Waals surface area contributed by atoms with Crippen LogP contribution in [0.1, 0.15) is 53.3 Å². The highest BCUT2D eigenvalue weighted by atomic mass is 16.6. The molecule has 1 saturated carbocycles. The lowest BCUT2D eigenvalue weighted by Gasteiger charge is -2.35. The lowest BCUT2D eigenvalue weighted by molar-refractivity contribution is -0.0312. The molecule has 148 valence electrons. The molecule has 6 heteroatoms. The van der Waals surface area contributed by atoms with Crippen LogP contribution in [0.3, 0.4) is 0 Å². The van der Waals surface area contributed by atoms with Crippen molar-refractivity contribution in [3.05, 3.63) is 77.7 Å². The largest absolute Gasteiger partial charge is 0.451 e. The second-order valence-corrected chi connectivity index (χ2v) is 8.12. The summed E-state index contributed by atoms with van der Waals surface area (Å²) in [5.41, 5.74) is 3.79. The molecule has 1 aliphatic heterocycles. The number of hydrogen-bond donors (Lipinski definition) is 1. The van der Waals surface area contributed by atoms with Crippen molar-refractivity contribution in [2.75, 3.05) is 0 Å². The minimum absolute atomic E-state index is 0.198. The fourth-order valence-corrected chi connectivity index (χ4v) is 4.82. The van der Waals surface area contributed by atoms with E-state index < -0.39 is 5.60 Å². The third kappa shape index (κ3) is 2.64. The summed E-state index contributed by atoms with van der Waals surface area (Å²) < 4.78 is 5.88. The van der Waals surface area contributed by atoms with Crippen molar-refractivity contribution < 1.29 is 9.53 Å². The van der Waals surface area contributed by atoms with E-state index in [-0.39, 0.29) is 11.9 Å². The van der Waals surface area contributed by atoms with E-state index in [0.29, 0.717) is 17.0 Å². The second-order valence-electron chi connectivity index (χ2n) is 8.12. The third-order valence-electron chi connectivity index (χ3n) is 6.40. The van der Waals surface area contributed by atoms with Gasteiger partial charge in [-0.25, -0.2) is 19.7 Å². The molecule has 0 saturated heterocycles. The molecule has 0 radical (unpaired) electrons. The monoisotopic (exact) mass is 396 g/mol. The van der Waals surface area contributed by atoms with E-state index in [1.165, 1.54) is 0 Å². The van der Waals surface area contributed by atoms with Gasteiger partial charge in [-0.2, -0.15) is 0 Å². The Hall–Kier alpha value is -3.54. The Morgan fingerprint density at radius 1 is 0.967 bits per heavy atom. The molecule has 1 spiro atoms. The Bertz CT molecular complexity index is 1260. The minimum atomic E-state index is -0.476. The highest BCUT2D eigenvalue weighted by Gasteiger charge is 2.47. The first-order chi connectivity index (χ1) is 14.7. The summed E-state index contributed by atoms with van der Waals surface area (Å²) >= 11 is 0. The number of aromatic amines is 1. The van der Waals surface area contributed by atoms with E-state index in [2.05, 4.69) is 15.0 Å². The van der Waals surface area contributed by atoms with Gasteiger partial charge in [-0.3, -0.25) is 0 Å². The topological polar surface area (TPSA) is 80.8 Å². The molecule has 1 aliphatic carbocycles. The zero-order chi connectivity index (χ0) is 20.1. The Labute approximate surface area is 173 Å². The van der Waals surface area contributed by atoms with Gasteiger partial charge >= 0.3 is 5.97 Å². The maximum absolute atomic E-state index is 12.3. The number of imidazole rings is 1. The van der Waals surface area contributed by atoms with E-state index >= 15 is 0 Å². The number of hydrogen-bond acceptors (Lipinski definition) is 5. The van der Waals surface area contributed by atoms with E-state index in [1.54, 1.807) is 6.20 Å². The van der Waals surface area contributed by atoms with Crippen molar-refractivity contribution in [2.24, 2.45) is 0 Å². The van der Waals surface area contributed by atoms with Crippen LogP contribution in [-0.2, 0) is 10.3 Å². The predicted molar refractivity (Wildman–Crippen MR) is 112 cm³/mol. The zero-order valence-electron chi connectivity index (χ0n) is 16.3. The van der Waals surface area contributed by atoms with Gasteiger partial charge < -0.3 is 9.72 Å². The molecule has 3 heterocycles. The van der Waals surface area contributed by atoms with E-state index in [1.807, 2.05) is 54.6 Å². The molecule has 2 aliphatic rings. The fraction of sp³-hybridized carbons (Fsp3) is 0.250. The van der Waals surface area contributed by atoms with Crippen LogP contribution in [0.2, 0.25) is 0 Å². The summed E-state index contributed by atoms with van der Waals surface area (Å²) in [5.74, 6) is 1.71. The summed E-state index contributed by atoms with van der Waals surface area (Å²) in [6, 6.07) is 17.7. The number of aromatic nitrogens is 4. The van der Waals surface area contributed by atoms with Crippen molar-refractivity contribution >= 4 is 17.1 Å². The number of H-pyrrole nitrogens is 1. The first kappa shape index (κ1) is 17.3. The van der Waals surface area contributed by atoms with Crippen LogP contribution in [0, 0.1) is 0 Å². The van der Waals surface area contributed by atoms with Gasteiger partial charge in [0.25, 0.3) is 0 Å². The lowest BCUT2D eigenvalue weighted by atomic mass is 9.75. The summed E-state index contributed by atoms with van der Waals surface area (Å²) in [6.07, 6.45) is 5.22. The number of nitrogens with one attached hydrogen (secondary N) is 1. The van der Waals surface area contributed by atoms with E-state index in [4.69, 9.17) is 9.72 Å². The molecule has 1 fully saturated rings. The molecule has 6 nitrogen and oxygen atoms in total.